The van der Waals surface area contributed by atoms with Gasteiger partial charge in [0.1, 0.15) is 0 Å². The first kappa shape index (κ1) is 35.6. The highest BCUT2D eigenvalue weighted by atomic mass is 14.4. The lowest BCUT2D eigenvalue weighted by molar-refractivity contribution is 0.658. The molecule has 0 nitrogen and oxygen atoms in total. The average molecular weight is 693 g/mol. The molecule has 0 aromatic heterocycles. The molecule has 6 aromatic rings. The molecular formula is C54H44. The van der Waals surface area contributed by atoms with Gasteiger partial charge in [0, 0.05) is 11.8 Å². The van der Waals surface area contributed by atoms with Crippen molar-refractivity contribution in [2.45, 2.75) is 0 Å². The zero-order valence-electron chi connectivity index (χ0n) is 30.8. The highest BCUT2D eigenvalue weighted by molar-refractivity contribution is 5.98. The standard InChI is InChI=1S/C54H44/c1-8-39(32-38-20-14-13-15-21-38)44-30-27-41-28-31-45(35-46(41)34-44)54-49(11-4)47(9-2)53(48(10-3)50(54)12-5)37(7)52-25-19-18-24-51(52)36(6)42-29-26-40-22-16-17-23-43(40)33-42/h8-35,47,49H,1-7H2. The molecule has 1 aliphatic carbocycles. The smallest absolute Gasteiger partial charge is 0.0131 e. The van der Waals surface area contributed by atoms with E-state index in [2.05, 4.69) is 173 Å². The van der Waals surface area contributed by atoms with Gasteiger partial charge in [0.15, 0.2) is 0 Å². The quantitative estimate of drug-likeness (QED) is 0.0680. The Morgan fingerprint density at radius 3 is 1.72 bits per heavy atom. The summed E-state index contributed by atoms with van der Waals surface area (Å²) < 4.78 is 0. The van der Waals surface area contributed by atoms with Gasteiger partial charge in [0.05, 0.1) is 0 Å². The van der Waals surface area contributed by atoms with Crippen molar-refractivity contribution in [3.8, 4) is 0 Å². The Hall–Kier alpha value is -6.76. The van der Waals surface area contributed by atoms with E-state index in [4.69, 9.17) is 6.58 Å². The van der Waals surface area contributed by atoms with Gasteiger partial charge in [-0.1, -0.05) is 179 Å². The molecule has 0 saturated carbocycles. The third-order valence-electron chi connectivity index (χ3n) is 10.7. The molecule has 7 rings (SSSR count). The SMILES string of the molecule is C=CC(=Cc1ccccc1)c1ccc2ccc(C3=C(C=C)C(C=C)=C(C(=C)c4ccccc4C(=C)c4ccc5ccccc5c4)C(C=C)C3C=C)cc2c1. The van der Waals surface area contributed by atoms with Crippen LogP contribution in [0.15, 0.2) is 227 Å². The Morgan fingerprint density at radius 2 is 1.06 bits per heavy atom. The maximum atomic E-state index is 4.77. The second kappa shape index (κ2) is 15.5. The van der Waals surface area contributed by atoms with Crippen LogP contribution < -0.4 is 0 Å². The van der Waals surface area contributed by atoms with E-state index < -0.39 is 0 Å². The van der Waals surface area contributed by atoms with E-state index in [9.17, 15) is 0 Å². The van der Waals surface area contributed by atoms with Crippen LogP contribution in [-0.2, 0) is 0 Å². The van der Waals surface area contributed by atoms with Gasteiger partial charge in [-0.25, -0.2) is 0 Å². The Bertz CT molecular complexity index is 2610. The molecule has 0 radical (unpaired) electrons. The summed E-state index contributed by atoms with van der Waals surface area (Å²) in [5.41, 5.74) is 13.6. The lowest BCUT2D eigenvalue weighted by Crippen LogP contribution is -2.23. The molecule has 0 heteroatoms. The molecule has 6 aromatic carbocycles. The van der Waals surface area contributed by atoms with Gasteiger partial charge >= 0.3 is 0 Å². The molecule has 54 heavy (non-hydrogen) atoms. The Morgan fingerprint density at radius 1 is 0.481 bits per heavy atom. The molecule has 0 bridgehead atoms. The maximum absolute atomic E-state index is 4.77. The largest absolute Gasteiger partial charge is 0.102 e. The highest BCUT2D eigenvalue weighted by Gasteiger charge is 2.35. The lowest BCUT2D eigenvalue weighted by atomic mass is 9.66. The summed E-state index contributed by atoms with van der Waals surface area (Å²) in [5.74, 6) is -0.212. The third-order valence-corrected chi connectivity index (χ3v) is 10.7. The average Bonchev–Trinajstić information content (AvgIpc) is 3.23. The van der Waals surface area contributed by atoms with Gasteiger partial charge in [0.25, 0.3) is 0 Å². The zero-order chi connectivity index (χ0) is 37.8. The minimum absolute atomic E-state index is 0.0934. The van der Waals surface area contributed by atoms with Gasteiger partial charge < -0.3 is 0 Å². The second-order valence-electron chi connectivity index (χ2n) is 13.6. The van der Waals surface area contributed by atoms with Gasteiger partial charge in [-0.15, -0.1) is 13.2 Å². The van der Waals surface area contributed by atoms with Crippen molar-refractivity contribution >= 4 is 49.9 Å². The molecular weight excluding hydrogens is 649 g/mol. The van der Waals surface area contributed by atoms with E-state index in [0.29, 0.717) is 0 Å². The minimum atomic E-state index is -0.119. The number of allylic oxidation sites excluding steroid dienone is 11. The molecule has 0 spiro atoms. The van der Waals surface area contributed by atoms with Crippen LogP contribution in [0, 0.1) is 11.8 Å². The molecule has 0 N–H and O–H groups in total. The molecule has 0 saturated heterocycles. The van der Waals surface area contributed by atoms with E-state index in [1.165, 1.54) is 10.8 Å². The van der Waals surface area contributed by atoms with Gasteiger partial charge in [-0.2, -0.15) is 0 Å². The fraction of sp³-hybridized carbons (Fsp3) is 0.0370. The number of fused-ring (bicyclic) bond motifs is 2. The van der Waals surface area contributed by atoms with Crippen molar-refractivity contribution in [3.63, 3.8) is 0 Å². The highest BCUT2D eigenvalue weighted by Crippen LogP contribution is 2.50. The summed E-state index contributed by atoms with van der Waals surface area (Å²) in [4.78, 5) is 0. The van der Waals surface area contributed by atoms with Crippen molar-refractivity contribution in [2.75, 3.05) is 0 Å². The molecule has 0 amide bonds. The topological polar surface area (TPSA) is 0 Å². The van der Waals surface area contributed by atoms with E-state index in [-0.39, 0.29) is 11.8 Å². The van der Waals surface area contributed by atoms with Crippen LogP contribution in [0.2, 0.25) is 0 Å². The van der Waals surface area contributed by atoms with Crippen LogP contribution in [0.1, 0.15) is 33.4 Å². The van der Waals surface area contributed by atoms with Crippen LogP contribution in [-0.4, -0.2) is 0 Å². The second-order valence-corrected chi connectivity index (χ2v) is 13.6. The first-order chi connectivity index (χ1) is 26.4. The number of rotatable bonds is 12. The Kier molecular flexibility index (Phi) is 10.2. The fourth-order valence-corrected chi connectivity index (χ4v) is 7.96. The number of benzene rings is 6. The summed E-state index contributed by atoms with van der Waals surface area (Å²) in [7, 11) is 0. The summed E-state index contributed by atoms with van der Waals surface area (Å²) in [6, 6.07) is 46.9. The first-order valence-electron chi connectivity index (χ1n) is 18.3. The zero-order valence-corrected chi connectivity index (χ0v) is 30.8. The van der Waals surface area contributed by atoms with Crippen molar-refractivity contribution in [2.24, 2.45) is 11.8 Å². The van der Waals surface area contributed by atoms with Gasteiger partial charge in [-0.3, -0.25) is 0 Å². The van der Waals surface area contributed by atoms with Crippen LogP contribution in [0.3, 0.4) is 0 Å². The molecule has 260 valence electrons. The summed E-state index contributed by atoms with van der Waals surface area (Å²) in [5, 5.41) is 4.68. The predicted molar refractivity (Wildman–Crippen MR) is 238 cm³/mol. The Labute approximate surface area is 320 Å². The number of hydrogen-bond donors (Lipinski definition) is 0. The Balaban J connectivity index is 1.35. The van der Waals surface area contributed by atoms with Gasteiger partial charge in [0.2, 0.25) is 0 Å². The molecule has 0 aliphatic heterocycles. The van der Waals surface area contributed by atoms with Crippen molar-refractivity contribution < 1.29 is 0 Å². The maximum Gasteiger partial charge on any atom is 0.0131 e. The normalized spacial score (nSPS) is 15.9. The summed E-state index contributed by atoms with van der Waals surface area (Å²) in [6.45, 7) is 30.9. The van der Waals surface area contributed by atoms with Crippen molar-refractivity contribution in [1.82, 2.24) is 0 Å². The summed E-state index contributed by atoms with van der Waals surface area (Å²) >= 11 is 0. The van der Waals surface area contributed by atoms with Crippen molar-refractivity contribution in [1.29, 1.82) is 0 Å². The monoisotopic (exact) mass is 692 g/mol. The summed E-state index contributed by atoms with van der Waals surface area (Å²) in [6.07, 6.45) is 12.1. The molecule has 0 fully saturated rings. The first-order valence-corrected chi connectivity index (χ1v) is 18.3. The third kappa shape index (κ3) is 6.55. The van der Waals surface area contributed by atoms with Crippen LogP contribution in [0.25, 0.3) is 49.9 Å². The van der Waals surface area contributed by atoms with E-state index in [1.807, 2.05) is 36.4 Å². The van der Waals surface area contributed by atoms with Crippen LogP contribution in [0.4, 0.5) is 0 Å². The van der Waals surface area contributed by atoms with Crippen LogP contribution >= 0.6 is 0 Å². The van der Waals surface area contributed by atoms with E-state index in [0.717, 1.165) is 83.2 Å². The van der Waals surface area contributed by atoms with E-state index >= 15 is 0 Å². The van der Waals surface area contributed by atoms with Gasteiger partial charge in [-0.05, 0) is 118 Å². The van der Waals surface area contributed by atoms with Crippen molar-refractivity contribution in [3.05, 3.63) is 260 Å². The molecule has 0 heterocycles. The molecule has 2 unspecified atom stereocenters. The van der Waals surface area contributed by atoms with Crippen LogP contribution in [0.5, 0.6) is 0 Å². The molecule has 2 atom stereocenters. The predicted octanol–water partition coefficient (Wildman–Crippen LogP) is 14.5. The lowest BCUT2D eigenvalue weighted by Gasteiger charge is -2.36. The fourth-order valence-electron chi connectivity index (χ4n) is 7.96. The minimum Gasteiger partial charge on any atom is -0.102 e. The molecule has 1 aliphatic rings. The van der Waals surface area contributed by atoms with E-state index in [1.54, 1.807) is 0 Å². The number of hydrogen-bond acceptors (Lipinski definition) is 0.